The van der Waals surface area contributed by atoms with Crippen molar-refractivity contribution >= 4 is 27.6 Å². The molecular weight excluding hydrogens is 278 g/mol. The molecule has 0 aliphatic heterocycles. The lowest BCUT2D eigenvalue weighted by atomic mass is 10.1. The van der Waals surface area contributed by atoms with Crippen molar-refractivity contribution in [3.63, 3.8) is 0 Å². The Bertz CT molecular complexity index is 953. The smallest absolute Gasteiger partial charge is 0.152 e. The molecule has 7 heteroatoms. The highest BCUT2D eigenvalue weighted by atomic mass is 15.3. The number of hydrogen-bond donors (Lipinski definition) is 2. The molecule has 3 heterocycles. The maximum atomic E-state index is 6.06. The number of nitrogen functional groups attached to an aromatic ring is 1. The summed E-state index contributed by atoms with van der Waals surface area (Å²) in [5.41, 5.74) is 14.1. The van der Waals surface area contributed by atoms with Crippen molar-refractivity contribution in [3.05, 3.63) is 42.9 Å². The van der Waals surface area contributed by atoms with Crippen LogP contribution in [0.25, 0.3) is 27.5 Å². The molecule has 4 aromatic rings. The summed E-state index contributed by atoms with van der Waals surface area (Å²) < 4.78 is 3.60. The average Bonchev–Trinajstić information content (AvgIpc) is 3.17. The van der Waals surface area contributed by atoms with E-state index in [0.29, 0.717) is 24.4 Å². The molecule has 0 aliphatic carbocycles. The van der Waals surface area contributed by atoms with Crippen LogP contribution in [0.15, 0.2) is 42.9 Å². The molecular formula is C15H15N7. The summed E-state index contributed by atoms with van der Waals surface area (Å²) in [6.07, 6.45) is 5.60. The first-order valence-electron chi connectivity index (χ1n) is 7.03. The van der Waals surface area contributed by atoms with Crippen LogP contribution in [-0.4, -0.2) is 31.1 Å². The quantitative estimate of drug-likeness (QED) is 0.593. The van der Waals surface area contributed by atoms with E-state index in [1.807, 2.05) is 41.3 Å². The van der Waals surface area contributed by atoms with Crippen molar-refractivity contribution in [2.45, 2.75) is 6.54 Å². The molecule has 7 nitrogen and oxygen atoms in total. The summed E-state index contributed by atoms with van der Waals surface area (Å²) in [5, 5.41) is 10.7. The monoisotopic (exact) mass is 293 g/mol. The third-order valence-electron chi connectivity index (χ3n) is 3.64. The molecule has 0 saturated carbocycles. The average molecular weight is 293 g/mol. The maximum absolute atomic E-state index is 6.06. The van der Waals surface area contributed by atoms with E-state index in [0.717, 1.165) is 22.0 Å². The van der Waals surface area contributed by atoms with Gasteiger partial charge in [0.2, 0.25) is 0 Å². The second kappa shape index (κ2) is 4.81. The fourth-order valence-electron chi connectivity index (χ4n) is 2.64. The molecule has 4 N–H and O–H groups in total. The van der Waals surface area contributed by atoms with Gasteiger partial charge >= 0.3 is 0 Å². The number of fused-ring (bicyclic) bond motifs is 3. The highest BCUT2D eigenvalue weighted by Gasteiger charge is 2.11. The summed E-state index contributed by atoms with van der Waals surface area (Å²) in [6, 6.07) is 7.88. The van der Waals surface area contributed by atoms with Gasteiger partial charge in [0.05, 0.1) is 17.7 Å². The molecule has 0 amide bonds. The molecule has 22 heavy (non-hydrogen) atoms. The van der Waals surface area contributed by atoms with E-state index < -0.39 is 0 Å². The number of hydrogen-bond acceptors (Lipinski definition) is 5. The summed E-state index contributed by atoms with van der Waals surface area (Å²) in [7, 11) is 0. The van der Waals surface area contributed by atoms with E-state index in [9.17, 15) is 0 Å². The van der Waals surface area contributed by atoms with Crippen LogP contribution in [0, 0.1) is 0 Å². The van der Waals surface area contributed by atoms with Gasteiger partial charge in [0.25, 0.3) is 0 Å². The molecule has 0 unspecified atom stereocenters. The van der Waals surface area contributed by atoms with Gasteiger partial charge in [-0.25, -0.2) is 9.67 Å². The van der Waals surface area contributed by atoms with Gasteiger partial charge in [-0.1, -0.05) is 0 Å². The van der Waals surface area contributed by atoms with E-state index in [2.05, 4.69) is 15.2 Å². The standard InChI is InChI=1S/C15H15N7/c16-4-7-21-9-12-11-3-2-10(22-6-1-5-18-22)8-13(11)19-15(17)14(12)20-21/h1-3,5-6,8-9H,4,7,16H2,(H2,17,19). The van der Waals surface area contributed by atoms with Crippen molar-refractivity contribution in [1.82, 2.24) is 24.5 Å². The fraction of sp³-hybridized carbons (Fsp3) is 0.133. The zero-order valence-electron chi connectivity index (χ0n) is 11.8. The number of aromatic nitrogens is 5. The minimum atomic E-state index is 0.427. The summed E-state index contributed by atoms with van der Waals surface area (Å²) in [5.74, 6) is 0.427. The Morgan fingerprint density at radius 1 is 1.18 bits per heavy atom. The van der Waals surface area contributed by atoms with Crippen LogP contribution in [0.3, 0.4) is 0 Å². The predicted octanol–water partition coefficient (Wildman–Crippen LogP) is 1.31. The Morgan fingerprint density at radius 3 is 2.86 bits per heavy atom. The Morgan fingerprint density at radius 2 is 2.09 bits per heavy atom. The summed E-state index contributed by atoms with van der Waals surface area (Å²) in [6.45, 7) is 1.18. The number of rotatable bonds is 3. The van der Waals surface area contributed by atoms with Crippen LogP contribution in [0.2, 0.25) is 0 Å². The molecule has 0 bridgehead atoms. The van der Waals surface area contributed by atoms with Gasteiger partial charge < -0.3 is 11.5 Å². The van der Waals surface area contributed by atoms with E-state index in [-0.39, 0.29) is 0 Å². The highest BCUT2D eigenvalue weighted by molar-refractivity contribution is 6.08. The minimum absolute atomic E-state index is 0.427. The highest BCUT2D eigenvalue weighted by Crippen LogP contribution is 2.28. The molecule has 0 radical (unpaired) electrons. The summed E-state index contributed by atoms with van der Waals surface area (Å²) in [4.78, 5) is 4.48. The van der Waals surface area contributed by atoms with Gasteiger partial charge in [0.15, 0.2) is 5.82 Å². The number of nitrogens with zero attached hydrogens (tertiary/aromatic N) is 5. The van der Waals surface area contributed by atoms with Crippen LogP contribution in [0.1, 0.15) is 0 Å². The maximum Gasteiger partial charge on any atom is 0.152 e. The summed E-state index contributed by atoms with van der Waals surface area (Å²) >= 11 is 0. The Labute approximate surface area is 126 Å². The number of anilines is 1. The molecule has 0 spiro atoms. The Balaban J connectivity index is 1.96. The van der Waals surface area contributed by atoms with Crippen LogP contribution >= 0.6 is 0 Å². The first kappa shape index (κ1) is 12.8. The topological polar surface area (TPSA) is 101 Å². The van der Waals surface area contributed by atoms with E-state index >= 15 is 0 Å². The van der Waals surface area contributed by atoms with E-state index in [1.165, 1.54) is 0 Å². The number of nitrogens with two attached hydrogens (primary N) is 2. The minimum Gasteiger partial charge on any atom is -0.382 e. The van der Waals surface area contributed by atoms with Gasteiger partial charge in [-0.3, -0.25) is 4.68 Å². The Hall–Kier alpha value is -2.93. The Kier molecular flexibility index (Phi) is 2.80. The van der Waals surface area contributed by atoms with E-state index in [4.69, 9.17) is 11.5 Å². The van der Waals surface area contributed by atoms with Gasteiger partial charge in [0.1, 0.15) is 5.52 Å². The number of pyridine rings is 1. The van der Waals surface area contributed by atoms with Crippen molar-refractivity contribution in [1.29, 1.82) is 0 Å². The first-order valence-corrected chi connectivity index (χ1v) is 7.03. The first-order chi connectivity index (χ1) is 10.8. The predicted molar refractivity (Wildman–Crippen MR) is 85.6 cm³/mol. The SMILES string of the molecule is NCCn1cc2c(n1)c(N)nc1cc(-n3cccn3)ccc12. The molecule has 0 aliphatic rings. The lowest BCUT2D eigenvalue weighted by Crippen LogP contribution is -2.09. The van der Waals surface area contributed by atoms with Gasteiger partial charge in [0, 0.05) is 35.9 Å². The second-order valence-corrected chi connectivity index (χ2v) is 5.09. The van der Waals surface area contributed by atoms with E-state index in [1.54, 1.807) is 10.9 Å². The lowest BCUT2D eigenvalue weighted by molar-refractivity contribution is 0.632. The normalized spacial score (nSPS) is 11.5. The molecule has 3 aromatic heterocycles. The van der Waals surface area contributed by atoms with Crippen molar-refractivity contribution in [2.24, 2.45) is 5.73 Å². The largest absolute Gasteiger partial charge is 0.382 e. The molecule has 0 fully saturated rings. The van der Waals surface area contributed by atoms with Crippen LogP contribution in [0.4, 0.5) is 5.82 Å². The number of benzene rings is 1. The lowest BCUT2D eigenvalue weighted by Gasteiger charge is -2.05. The zero-order valence-corrected chi connectivity index (χ0v) is 11.8. The third kappa shape index (κ3) is 1.91. The molecule has 110 valence electrons. The molecule has 0 saturated heterocycles. The third-order valence-corrected chi connectivity index (χ3v) is 3.64. The van der Waals surface area contributed by atoms with Gasteiger partial charge in [-0.15, -0.1) is 0 Å². The molecule has 4 rings (SSSR count). The second-order valence-electron chi connectivity index (χ2n) is 5.09. The van der Waals surface area contributed by atoms with Crippen molar-refractivity contribution in [3.8, 4) is 5.69 Å². The molecule has 1 aromatic carbocycles. The fourth-order valence-corrected chi connectivity index (χ4v) is 2.64. The van der Waals surface area contributed by atoms with Crippen molar-refractivity contribution in [2.75, 3.05) is 12.3 Å². The van der Waals surface area contributed by atoms with Gasteiger partial charge in [-0.05, 0) is 24.3 Å². The zero-order chi connectivity index (χ0) is 15.1. The van der Waals surface area contributed by atoms with Gasteiger partial charge in [-0.2, -0.15) is 10.2 Å². The van der Waals surface area contributed by atoms with Crippen LogP contribution < -0.4 is 11.5 Å². The van der Waals surface area contributed by atoms with Crippen LogP contribution in [-0.2, 0) is 6.54 Å². The van der Waals surface area contributed by atoms with Crippen molar-refractivity contribution < 1.29 is 0 Å². The van der Waals surface area contributed by atoms with Crippen LogP contribution in [0.5, 0.6) is 0 Å². The molecule has 0 atom stereocenters.